The summed E-state index contributed by atoms with van der Waals surface area (Å²) in [6.45, 7) is 4.29. The minimum absolute atomic E-state index is 0.0956. The number of unbranched alkanes of at least 4 members (excludes halogenated alkanes) is 3. The topological polar surface area (TPSA) is 112 Å². The minimum Gasteiger partial charge on any atom is -0.508 e. The van der Waals surface area contributed by atoms with Crippen LogP contribution in [0.3, 0.4) is 0 Å². The van der Waals surface area contributed by atoms with Crippen LogP contribution < -0.4 is 14.2 Å². The van der Waals surface area contributed by atoms with E-state index in [-0.39, 0.29) is 5.75 Å². The maximum absolute atomic E-state index is 12.5. The standard InChI is InChI=1S/C29H30O8/c1-2-27(31)35-20-6-4-3-5-19-34-24-13-9-22(10-14-24)29(33)37-26-17-15-25(16-18-26)36-28(32)21-7-11-23(30)12-8-21/h2,7-18,28,30,32H,1,3-6,19-20H2. The molecular formula is C29H30O8. The Morgan fingerprint density at radius 3 is 2.03 bits per heavy atom. The van der Waals surface area contributed by atoms with Crippen molar-refractivity contribution < 1.29 is 38.7 Å². The summed E-state index contributed by atoms with van der Waals surface area (Å²) in [4.78, 5) is 23.4. The van der Waals surface area contributed by atoms with Crippen LogP contribution in [0.1, 0.15) is 47.9 Å². The number of phenolic OH excluding ortho intramolecular Hbond substituents is 1. The van der Waals surface area contributed by atoms with Gasteiger partial charge in [-0.05, 0) is 98.5 Å². The van der Waals surface area contributed by atoms with Gasteiger partial charge in [0.1, 0.15) is 23.0 Å². The highest BCUT2D eigenvalue weighted by Crippen LogP contribution is 2.24. The number of hydrogen-bond donors (Lipinski definition) is 2. The summed E-state index contributed by atoms with van der Waals surface area (Å²) in [5.74, 6) is 0.557. The molecule has 0 aliphatic rings. The summed E-state index contributed by atoms with van der Waals surface area (Å²) in [6.07, 6.45) is 3.50. The summed E-state index contributed by atoms with van der Waals surface area (Å²) in [6, 6.07) is 19.0. The number of aromatic hydroxyl groups is 1. The van der Waals surface area contributed by atoms with Crippen LogP contribution >= 0.6 is 0 Å². The van der Waals surface area contributed by atoms with Crippen molar-refractivity contribution in [3.63, 3.8) is 0 Å². The van der Waals surface area contributed by atoms with Crippen molar-refractivity contribution in [2.45, 2.75) is 32.0 Å². The number of rotatable bonds is 14. The molecule has 8 heteroatoms. The SMILES string of the molecule is C=CC(=O)OCCCCCCOc1ccc(C(=O)Oc2ccc(OC(O)c3ccc(O)cc3)cc2)cc1. The second-order valence-corrected chi connectivity index (χ2v) is 8.08. The van der Waals surface area contributed by atoms with Crippen LogP contribution in [0.4, 0.5) is 0 Å². The van der Waals surface area contributed by atoms with Crippen molar-refractivity contribution in [2.75, 3.05) is 13.2 Å². The molecule has 0 spiro atoms. The Kier molecular flexibility index (Phi) is 10.6. The maximum Gasteiger partial charge on any atom is 0.343 e. The molecule has 2 N–H and O–H groups in total. The number of hydrogen-bond acceptors (Lipinski definition) is 8. The van der Waals surface area contributed by atoms with E-state index >= 15 is 0 Å². The third kappa shape index (κ3) is 9.35. The Bertz CT molecular complexity index is 1140. The molecule has 0 aliphatic carbocycles. The molecule has 0 radical (unpaired) electrons. The monoisotopic (exact) mass is 506 g/mol. The van der Waals surface area contributed by atoms with Crippen LogP contribution in [0.5, 0.6) is 23.0 Å². The lowest BCUT2D eigenvalue weighted by Crippen LogP contribution is -2.09. The average Bonchev–Trinajstić information content (AvgIpc) is 2.91. The van der Waals surface area contributed by atoms with Gasteiger partial charge in [-0.2, -0.15) is 0 Å². The number of benzene rings is 3. The van der Waals surface area contributed by atoms with E-state index in [9.17, 15) is 19.8 Å². The van der Waals surface area contributed by atoms with E-state index in [2.05, 4.69) is 6.58 Å². The highest BCUT2D eigenvalue weighted by atomic mass is 16.6. The van der Waals surface area contributed by atoms with Crippen molar-refractivity contribution in [3.8, 4) is 23.0 Å². The van der Waals surface area contributed by atoms with E-state index in [0.717, 1.165) is 31.8 Å². The van der Waals surface area contributed by atoms with Gasteiger partial charge >= 0.3 is 11.9 Å². The van der Waals surface area contributed by atoms with Crippen molar-refractivity contribution in [1.82, 2.24) is 0 Å². The first-order valence-corrected chi connectivity index (χ1v) is 11.9. The molecule has 3 aromatic carbocycles. The number of esters is 2. The molecule has 8 nitrogen and oxygen atoms in total. The van der Waals surface area contributed by atoms with Gasteiger partial charge in [-0.15, -0.1) is 0 Å². The Balaban J connectivity index is 1.37. The molecule has 3 aromatic rings. The highest BCUT2D eigenvalue weighted by Gasteiger charge is 2.12. The van der Waals surface area contributed by atoms with E-state index in [0.29, 0.717) is 41.6 Å². The zero-order chi connectivity index (χ0) is 26.5. The van der Waals surface area contributed by atoms with Crippen LogP contribution in [0.25, 0.3) is 0 Å². The predicted octanol–water partition coefficient (Wildman–Crippen LogP) is 5.35. The molecule has 0 aromatic heterocycles. The molecule has 0 amide bonds. The quantitative estimate of drug-likeness (QED) is 0.0990. The zero-order valence-electron chi connectivity index (χ0n) is 20.4. The van der Waals surface area contributed by atoms with Gasteiger partial charge in [0, 0.05) is 11.6 Å². The first-order valence-electron chi connectivity index (χ1n) is 11.9. The highest BCUT2D eigenvalue weighted by molar-refractivity contribution is 5.91. The number of carbonyl (C=O) groups excluding carboxylic acids is 2. The summed E-state index contributed by atoms with van der Waals surface area (Å²) in [5.41, 5.74) is 0.869. The largest absolute Gasteiger partial charge is 0.508 e. The molecule has 3 rings (SSSR count). The number of aliphatic hydroxyl groups excluding tert-OH is 1. The van der Waals surface area contributed by atoms with E-state index in [1.165, 1.54) is 12.1 Å². The molecule has 194 valence electrons. The van der Waals surface area contributed by atoms with E-state index in [4.69, 9.17) is 18.9 Å². The van der Waals surface area contributed by atoms with Gasteiger partial charge in [0.25, 0.3) is 0 Å². The van der Waals surface area contributed by atoms with Gasteiger partial charge in [-0.1, -0.05) is 6.58 Å². The molecule has 0 bridgehead atoms. The van der Waals surface area contributed by atoms with Crippen LogP contribution in [0.15, 0.2) is 85.5 Å². The van der Waals surface area contributed by atoms with Crippen molar-refractivity contribution >= 4 is 11.9 Å². The van der Waals surface area contributed by atoms with Gasteiger partial charge in [0.15, 0.2) is 0 Å². The first kappa shape index (κ1) is 27.3. The second kappa shape index (κ2) is 14.3. The van der Waals surface area contributed by atoms with Crippen LogP contribution in [0, 0.1) is 0 Å². The molecule has 0 aliphatic heterocycles. The van der Waals surface area contributed by atoms with Gasteiger partial charge in [-0.3, -0.25) is 0 Å². The fourth-order valence-electron chi connectivity index (χ4n) is 3.25. The lowest BCUT2D eigenvalue weighted by molar-refractivity contribution is -0.137. The third-order valence-corrected chi connectivity index (χ3v) is 5.27. The lowest BCUT2D eigenvalue weighted by Gasteiger charge is -2.14. The third-order valence-electron chi connectivity index (χ3n) is 5.27. The summed E-state index contributed by atoms with van der Waals surface area (Å²) >= 11 is 0. The molecule has 0 saturated carbocycles. The van der Waals surface area contributed by atoms with Gasteiger partial charge in [0.2, 0.25) is 6.29 Å². The van der Waals surface area contributed by atoms with E-state index in [1.807, 2.05) is 0 Å². The smallest absolute Gasteiger partial charge is 0.343 e. The van der Waals surface area contributed by atoms with Crippen LogP contribution in [0.2, 0.25) is 0 Å². The van der Waals surface area contributed by atoms with Crippen LogP contribution in [-0.4, -0.2) is 35.4 Å². The zero-order valence-corrected chi connectivity index (χ0v) is 20.4. The number of phenols is 1. The molecule has 0 heterocycles. The average molecular weight is 507 g/mol. The van der Waals surface area contributed by atoms with Crippen molar-refractivity contribution in [1.29, 1.82) is 0 Å². The fourth-order valence-corrected chi connectivity index (χ4v) is 3.25. The van der Waals surface area contributed by atoms with Gasteiger partial charge in [0.05, 0.1) is 18.8 Å². The second-order valence-electron chi connectivity index (χ2n) is 8.08. The normalized spacial score (nSPS) is 11.3. The van der Waals surface area contributed by atoms with E-state index < -0.39 is 18.2 Å². The minimum atomic E-state index is -1.20. The molecule has 37 heavy (non-hydrogen) atoms. The number of carbonyl (C=O) groups is 2. The van der Waals surface area contributed by atoms with Gasteiger partial charge in [-0.25, -0.2) is 9.59 Å². The van der Waals surface area contributed by atoms with Crippen LogP contribution in [-0.2, 0) is 9.53 Å². The molecular weight excluding hydrogens is 476 g/mol. The van der Waals surface area contributed by atoms with Gasteiger partial charge < -0.3 is 29.2 Å². The first-order chi connectivity index (χ1) is 17.9. The summed E-state index contributed by atoms with van der Waals surface area (Å²) in [7, 11) is 0. The predicted molar refractivity (Wildman–Crippen MR) is 137 cm³/mol. The fraction of sp³-hybridized carbons (Fsp3) is 0.241. The number of aliphatic hydroxyl groups is 1. The van der Waals surface area contributed by atoms with Crippen molar-refractivity contribution in [2.24, 2.45) is 0 Å². The Morgan fingerprint density at radius 1 is 0.784 bits per heavy atom. The molecule has 1 atom stereocenters. The molecule has 0 fully saturated rings. The Morgan fingerprint density at radius 2 is 1.38 bits per heavy atom. The molecule has 1 unspecified atom stereocenters. The summed E-state index contributed by atoms with van der Waals surface area (Å²) in [5, 5.41) is 19.5. The number of ether oxygens (including phenoxy) is 4. The Labute approximate surface area is 215 Å². The summed E-state index contributed by atoms with van der Waals surface area (Å²) < 4.78 is 21.5. The maximum atomic E-state index is 12.5. The Hall–Kier alpha value is -4.30. The lowest BCUT2D eigenvalue weighted by atomic mass is 10.2. The van der Waals surface area contributed by atoms with E-state index in [1.54, 1.807) is 60.7 Å². The van der Waals surface area contributed by atoms with Crippen molar-refractivity contribution in [3.05, 3.63) is 96.6 Å². The molecule has 0 saturated heterocycles.